The molecule has 0 bridgehead atoms. The molecule has 1 aromatic heterocycles. The molecule has 2 amide bonds. The summed E-state index contributed by atoms with van der Waals surface area (Å²) in [7, 11) is 0. The monoisotopic (exact) mass is 378 g/mol. The van der Waals surface area contributed by atoms with E-state index in [4.69, 9.17) is 0 Å². The van der Waals surface area contributed by atoms with Crippen molar-refractivity contribution in [1.82, 2.24) is 14.5 Å². The lowest BCUT2D eigenvalue weighted by Crippen LogP contribution is -2.33. The molecule has 0 radical (unpaired) electrons. The van der Waals surface area contributed by atoms with Crippen LogP contribution in [0.1, 0.15) is 29.4 Å². The zero-order chi connectivity index (χ0) is 19.5. The maximum absolute atomic E-state index is 13.8. The molecule has 1 fully saturated rings. The lowest BCUT2D eigenvalue weighted by Gasteiger charge is -2.18. The molecular weight excluding hydrogens is 355 g/mol. The van der Waals surface area contributed by atoms with Crippen molar-refractivity contribution in [2.75, 3.05) is 18.4 Å². The molecule has 4 rings (SSSR count). The highest BCUT2D eigenvalue weighted by Gasteiger charge is 2.30. The van der Waals surface area contributed by atoms with Crippen LogP contribution in [-0.4, -0.2) is 33.6 Å². The summed E-state index contributed by atoms with van der Waals surface area (Å²) in [6.07, 6.45) is 2.73. The van der Waals surface area contributed by atoms with Crippen molar-refractivity contribution >= 4 is 11.7 Å². The Bertz CT molecular complexity index is 970. The van der Waals surface area contributed by atoms with Crippen molar-refractivity contribution in [3.8, 4) is 0 Å². The van der Waals surface area contributed by atoms with Gasteiger partial charge in [-0.05, 0) is 31.0 Å². The standard InChI is InChI=1S/C22H23FN4O/c1-16-13-24-21(27(16)14-17-7-3-2-4-8-17)18-11-12-26(15-18)22(28)25-20-10-6-5-9-19(20)23/h2-10,13,18H,11-12,14-15H2,1H3,(H,25,28). The van der Waals surface area contributed by atoms with Gasteiger partial charge in [0.1, 0.15) is 11.6 Å². The molecule has 5 nitrogen and oxygen atoms in total. The predicted octanol–water partition coefficient (Wildman–Crippen LogP) is 4.40. The number of aromatic nitrogens is 2. The molecule has 0 saturated carbocycles. The van der Waals surface area contributed by atoms with E-state index in [1.54, 1.807) is 23.1 Å². The second kappa shape index (κ2) is 7.84. The Balaban J connectivity index is 1.46. The van der Waals surface area contributed by atoms with E-state index in [1.165, 1.54) is 11.6 Å². The van der Waals surface area contributed by atoms with Crippen LogP contribution in [0, 0.1) is 12.7 Å². The van der Waals surface area contributed by atoms with Crippen LogP contribution >= 0.6 is 0 Å². The van der Waals surface area contributed by atoms with E-state index in [0.29, 0.717) is 13.1 Å². The number of carbonyl (C=O) groups excluding carboxylic acids is 1. The summed E-state index contributed by atoms with van der Waals surface area (Å²) >= 11 is 0. The fourth-order valence-electron chi connectivity index (χ4n) is 3.69. The molecule has 1 atom stereocenters. The van der Waals surface area contributed by atoms with Crippen LogP contribution in [0.3, 0.4) is 0 Å². The maximum Gasteiger partial charge on any atom is 0.321 e. The number of urea groups is 1. The molecule has 28 heavy (non-hydrogen) atoms. The highest BCUT2D eigenvalue weighted by atomic mass is 19.1. The highest BCUT2D eigenvalue weighted by molar-refractivity contribution is 5.89. The minimum absolute atomic E-state index is 0.170. The van der Waals surface area contributed by atoms with Gasteiger partial charge < -0.3 is 14.8 Å². The van der Waals surface area contributed by atoms with Gasteiger partial charge in [-0.2, -0.15) is 0 Å². The van der Waals surface area contributed by atoms with Crippen molar-refractivity contribution in [3.63, 3.8) is 0 Å². The van der Waals surface area contributed by atoms with E-state index in [9.17, 15) is 9.18 Å². The van der Waals surface area contributed by atoms with Gasteiger partial charge in [0.15, 0.2) is 0 Å². The van der Waals surface area contributed by atoms with Crippen LogP contribution in [0.25, 0.3) is 0 Å². The van der Waals surface area contributed by atoms with Crippen molar-refractivity contribution in [2.45, 2.75) is 25.8 Å². The van der Waals surface area contributed by atoms with Crippen molar-refractivity contribution in [1.29, 1.82) is 0 Å². The molecule has 1 unspecified atom stereocenters. The lowest BCUT2D eigenvalue weighted by molar-refractivity contribution is 0.221. The summed E-state index contributed by atoms with van der Waals surface area (Å²) < 4.78 is 16.0. The van der Waals surface area contributed by atoms with Crippen LogP contribution < -0.4 is 5.32 Å². The van der Waals surface area contributed by atoms with Gasteiger partial charge in [-0.3, -0.25) is 0 Å². The van der Waals surface area contributed by atoms with E-state index in [1.807, 2.05) is 24.4 Å². The number of amides is 2. The van der Waals surface area contributed by atoms with E-state index >= 15 is 0 Å². The number of aryl methyl sites for hydroxylation is 1. The Kier molecular flexibility index (Phi) is 5.10. The molecule has 1 aliphatic heterocycles. The second-order valence-corrected chi connectivity index (χ2v) is 7.17. The van der Waals surface area contributed by atoms with Gasteiger partial charge in [-0.25, -0.2) is 14.2 Å². The summed E-state index contributed by atoms with van der Waals surface area (Å²) in [5.74, 6) is 0.743. The number of anilines is 1. The third-order valence-corrected chi connectivity index (χ3v) is 5.23. The summed E-state index contributed by atoms with van der Waals surface area (Å²) in [6, 6.07) is 16.2. The third kappa shape index (κ3) is 3.76. The van der Waals surface area contributed by atoms with Crippen molar-refractivity contribution in [3.05, 3.63) is 83.7 Å². The number of nitrogens with one attached hydrogen (secondary N) is 1. The largest absolute Gasteiger partial charge is 0.328 e. The fraction of sp³-hybridized carbons (Fsp3) is 0.273. The average molecular weight is 378 g/mol. The van der Waals surface area contributed by atoms with Gasteiger partial charge in [-0.1, -0.05) is 42.5 Å². The molecule has 0 spiro atoms. The number of likely N-dealkylation sites (tertiary alicyclic amines) is 1. The topological polar surface area (TPSA) is 50.2 Å². The summed E-state index contributed by atoms with van der Waals surface area (Å²) in [5.41, 5.74) is 2.53. The minimum atomic E-state index is -0.430. The number of carbonyl (C=O) groups is 1. The smallest absolute Gasteiger partial charge is 0.321 e. The van der Waals surface area contributed by atoms with Gasteiger partial charge in [0, 0.05) is 37.4 Å². The first-order valence-electron chi connectivity index (χ1n) is 9.48. The molecule has 1 saturated heterocycles. The highest BCUT2D eigenvalue weighted by Crippen LogP contribution is 2.28. The van der Waals surface area contributed by atoms with Crippen LogP contribution in [-0.2, 0) is 6.54 Å². The molecule has 144 valence electrons. The number of para-hydroxylation sites is 1. The number of halogens is 1. The van der Waals surface area contributed by atoms with Gasteiger partial charge in [0.2, 0.25) is 0 Å². The predicted molar refractivity (Wildman–Crippen MR) is 107 cm³/mol. The zero-order valence-electron chi connectivity index (χ0n) is 15.8. The first-order chi connectivity index (χ1) is 13.6. The fourth-order valence-corrected chi connectivity index (χ4v) is 3.69. The number of imidazole rings is 1. The molecule has 2 aromatic carbocycles. The summed E-state index contributed by atoms with van der Waals surface area (Å²) in [6.45, 7) is 4.02. The molecule has 1 aliphatic rings. The quantitative estimate of drug-likeness (QED) is 0.732. The van der Waals surface area contributed by atoms with Gasteiger partial charge >= 0.3 is 6.03 Å². The molecule has 3 aromatic rings. The average Bonchev–Trinajstić information content (AvgIpc) is 3.32. The van der Waals surface area contributed by atoms with E-state index in [0.717, 1.165) is 24.5 Å². The lowest BCUT2D eigenvalue weighted by atomic mass is 10.1. The van der Waals surface area contributed by atoms with Crippen LogP contribution in [0.15, 0.2) is 60.8 Å². The molecule has 0 aliphatic carbocycles. The maximum atomic E-state index is 13.8. The SMILES string of the molecule is Cc1cnc(C2CCN(C(=O)Nc3ccccc3F)C2)n1Cc1ccccc1. The van der Waals surface area contributed by atoms with Crippen molar-refractivity contribution in [2.24, 2.45) is 0 Å². The minimum Gasteiger partial charge on any atom is -0.328 e. The molecule has 2 heterocycles. The first kappa shape index (κ1) is 18.2. The zero-order valence-corrected chi connectivity index (χ0v) is 15.8. The number of hydrogen-bond acceptors (Lipinski definition) is 2. The number of nitrogens with zero attached hydrogens (tertiary/aromatic N) is 3. The van der Waals surface area contributed by atoms with Gasteiger partial charge in [0.05, 0.1) is 5.69 Å². The Morgan fingerprint density at radius 3 is 2.71 bits per heavy atom. The summed E-state index contributed by atoms with van der Waals surface area (Å²) in [4.78, 5) is 18.9. The van der Waals surface area contributed by atoms with E-state index in [2.05, 4.69) is 33.9 Å². The van der Waals surface area contributed by atoms with Crippen molar-refractivity contribution < 1.29 is 9.18 Å². The number of rotatable bonds is 4. The summed E-state index contributed by atoms with van der Waals surface area (Å²) in [5, 5.41) is 2.67. The number of benzene rings is 2. The normalized spacial score (nSPS) is 16.4. The molecular formula is C22H23FN4O. The molecule has 1 N–H and O–H groups in total. The molecule has 6 heteroatoms. The van der Waals surface area contributed by atoms with E-state index < -0.39 is 5.82 Å². The number of hydrogen-bond donors (Lipinski definition) is 1. The Morgan fingerprint density at radius 2 is 1.93 bits per heavy atom. The van der Waals surface area contributed by atoms with Crippen LogP contribution in [0.2, 0.25) is 0 Å². The van der Waals surface area contributed by atoms with Gasteiger partial charge in [-0.15, -0.1) is 0 Å². The Hall–Kier alpha value is -3.15. The Morgan fingerprint density at radius 1 is 1.18 bits per heavy atom. The van der Waals surface area contributed by atoms with Gasteiger partial charge in [0.25, 0.3) is 0 Å². The van der Waals surface area contributed by atoms with Crippen LogP contribution in [0.5, 0.6) is 0 Å². The van der Waals surface area contributed by atoms with E-state index in [-0.39, 0.29) is 17.6 Å². The first-order valence-corrected chi connectivity index (χ1v) is 9.48. The third-order valence-electron chi connectivity index (χ3n) is 5.23. The van der Waals surface area contributed by atoms with Crippen LogP contribution in [0.4, 0.5) is 14.9 Å². The second-order valence-electron chi connectivity index (χ2n) is 7.17. The Labute approximate surface area is 163 Å².